The minimum absolute atomic E-state index is 0.0181. The normalized spacial score (nSPS) is 34.7. The molecule has 0 saturated carbocycles. The van der Waals surface area contributed by atoms with Gasteiger partial charge in [-0.2, -0.15) is 0 Å². The number of rotatable bonds is 3. The Kier molecular flexibility index (Phi) is 3.95. The minimum atomic E-state index is -0.302. The summed E-state index contributed by atoms with van der Waals surface area (Å²) in [6.07, 6.45) is 1.75. The number of hydrogen-bond donors (Lipinski definition) is 1. The maximum atomic E-state index is 13.1. The van der Waals surface area contributed by atoms with Gasteiger partial charge in [-0.25, -0.2) is 4.39 Å². The molecule has 114 valence electrons. The van der Waals surface area contributed by atoms with Crippen LogP contribution in [0.4, 0.5) is 4.39 Å². The second-order valence-electron chi connectivity index (χ2n) is 5.84. The number of benzene rings is 1. The molecule has 2 heterocycles. The number of carbonyl (C=O) groups is 1. The molecule has 2 bridgehead atoms. The van der Waals surface area contributed by atoms with E-state index in [0.29, 0.717) is 6.04 Å². The molecule has 1 aromatic rings. The van der Waals surface area contributed by atoms with Gasteiger partial charge in [0.1, 0.15) is 5.82 Å². The fourth-order valence-electron chi connectivity index (χ4n) is 3.82. The first kappa shape index (κ1) is 14.5. The van der Waals surface area contributed by atoms with Crippen LogP contribution < -0.4 is 5.32 Å². The van der Waals surface area contributed by atoms with Crippen LogP contribution in [0.15, 0.2) is 24.3 Å². The number of fused-ring (bicyclic) bond motifs is 2. The Labute approximate surface area is 123 Å². The number of nitrogens with one attached hydrogen (secondary N) is 1. The summed E-state index contributed by atoms with van der Waals surface area (Å²) < 4.78 is 23.7. The molecule has 0 spiro atoms. The molecule has 2 aliphatic rings. The van der Waals surface area contributed by atoms with Gasteiger partial charge in [-0.1, -0.05) is 12.1 Å². The first-order valence-electron chi connectivity index (χ1n) is 7.26. The number of carbonyl (C=O) groups excluding carboxylic acids is 1. The minimum Gasteiger partial charge on any atom is -0.469 e. The van der Waals surface area contributed by atoms with E-state index in [1.807, 2.05) is 0 Å². The summed E-state index contributed by atoms with van der Waals surface area (Å²) in [5.41, 5.74) is 0.986. The molecule has 0 aliphatic carbocycles. The van der Waals surface area contributed by atoms with Crippen molar-refractivity contribution >= 4 is 5.97 Å². The number of piperidine rings is 1. The van der Waals surface area contributed by atoms with Gasteiger partial charge in [0.25, 0.3) is 0 Å². The van der Waals surface area contributed by atoms with Crippen LogP contribution >= 0.6 is 0 Å². The Morgan fingerprint density at radius 3 is 2.57 bits per heavy atom. The lowest BCUT2D eigenvalue weighted by atomic mass is 9.76. The third-order valence-electron chi connectivity index (χ3n) is 4.78. The van der Waals surface area contributed by atoms with Gasteiger partial charge >= 0.3 is 5.97 Å². The van der Waals surface area contributed by atoms with E-state index in [1.165, 1.54) is 19.2 Å². The number of esters is 1. The third kappa shape index (κ3) is 2.56. The summed E-state index contributed by atoms with van der Waals surface area (Å²) >= 11 is 0. The molecular formula is C16H20FNO3. The molecule has 4 nitrogen and oxygen atoms in total. The molecule has 2 fully saturated rings. The highest BCUT2D eigenvalue weighted by Gasteiger charge is 2.51. The number of halogens is 1. The maximum Gasteiger partial charge on any atom is 0.310 e. The van der Waals surface area contributed by atoms with Crippen LogP contribution in [0.5, 0.6) is 0 Å². The molecule has 5 atom stereocenters. The standard InChI is InChI=1S/C16H20FNO3/c1-20-13-8-11-7-12(9-3-5-10(17)6-4-9)14(15(13)18-11)16(19)21-2/h3-6,11-15,18H,7-8H2,1-2H3/t11?,12-,13?,14-,15?/m0/s1. The molecule has 2 aliphatic heterocycles. The van der Waals surface area contributed by atoms with Crippen molar-refractivity contribution in [1.29, 1.82) is 0 Å². The molecule has 0 amide bonds. The van der Waals surface area contributed by atoms with Crippen molar-refractivity contribution in [2.45, 2.75) is 36.9 Å². The second kappa shape index (κ2) is 5.73. The lowest BCUT2D eigenvalue weighted by Crippen LogP contribution is -2.51. The summed E-state index contributed by atoms with van der Waals surface area (Å²) in [6, 6.07) is 6.71. The quantitative estimate of drug-likeness (QED) is 0.864. The summed E-state index contributed by atoms with van der Waals surface area (Å²) in [5, 5.41) is 3.47. The molecule has 0 aromatic heterocycles. The summed E-state index contributed by atoms with van der Waals surface area (Å²) in [4.78, 5) is 12.3. The van der Waals surface area contributed by atoms with E-state index in [-0.39, 0.29) is 35.8 Å². The van der Waals surface area contributed by atoms with Crippen LogP contribution in [-0.2, 0) is 14.3 Å². The van der Waals surface area contributed by atoms with Crippen LogP contribution in [0.25, 0.3) is 0 Å². The van der Waals surface area contributed by atoms with Gasteiger partial charge in [-0.3, -0.25) is 4.79 Å². The highest BCUT2D eigenvalue weighted by Crippen LogP contribution is 2.43. The van der Waals surface area contributed by atoms with E-state index in [2.05, 4.69) is 5.32 Å². The third-order valence-corrected chi connectivity index (χ3v) is 4.78. The highest BCUT2D eigenvalue weighted by atomic mass is 19.1. The van der Waals surface area contributed by atoms with E-state index in [9.17, 15) is 9.18 Å². The van der Waals surface area contributed by atoms with Crippen molar-refractivity contribution in [3.05, 3.63) is 35.6 Å². The molecule has 5 heteroatoms. The van der Waals surface area contributed by atoms with Crippen LogP contribution in [-0.4, -0.2) is 38.4 Å². The number of ether oxygens (including phenoxy) is 2. The van der Waals surface area contributed by atoms with Crippen LogP contribution in [0.2, 0.25) is 0 Å². The lowest BCUT2D eigenvalue weighted by molar-refractivity contribution is -0.149. The van der Waals surface area contributed by atoms with E-state index in [4.69, 9.17) is 9.47 Å². The van der Waals surface area contributed by atoms with Crippen molar-refractivity contribution in [2.75, 3.05) is 14.2 Å². The molecule has 3 unspecified atom stereocenters. The van der Waals surface area contributed by atoms with Crippen molar-refractivity contribution in [1.82, 2.24) is 5.32 Å². The van der Waals surface area contributed by atoms with Crippen molar-refractivity contribution < 1.29 is 18.7 Å². The van der Waals surface area contributed by atoms with E-state index in [0.717, 1.165) is 18.4 Å². The lowest BCUT2D eigenvalue weighted by Gasteiger charge is -2.37. The molecule has 0 radical (unpaired) electrons. The van der Waals surface area contributed by atoms with Gasteiger partial charge in [0.15, 0.2) is 0 Å². The van der Waals surface area contributed by atoms with Crippen LogP contribution in [0.3, 0.4) is 0 Å². The molecule has 3 rings (SSSR count). The Hall–Kier alpha value is -1.46. The zero-order chi connectivity index (χ0) is 15.0. The van der Waals surface area contributed by atoms with Gasteiger partial charge in [-0.15, -0.1) is 0 Å². The smallest absolute Gasteiger partial charge is 0.310 e. The van der Waals surface area contributed by atoms with Crippen LogP contribution in [0, 0.1) is 11.7 Å². The monoisotopic (exact) mass is 293 g/mol. The van der Waals surface area contributed by atoms with Gasteiger partial charge < -0.3 is 14.8 Å². The first-order chi connectivity index (χ1) is 10.1. The fraction of sp³-hybridized carbons (Fsp3) is 0.562. The largest absolute Gasteiger partial charge is 0.469 e. The van der Waals surface area contributed by atoms with E-state index in [1.54, 1.807) is 19.2 Å². The zero-order valence-electron chi connectivity index (χ0n) is 12.2. The zero-order valence-corrected chi connectivity index (χ0v) is 12.2. The average Bonchev–Trinajstić information content (AvgIpc) is 2.83. The van der Waals surface area contributed by atoms with Crippen molar-refractivity contribution in [3.63, 3.8) is 0 Å². The van der Waals surface area contributed by atoms with Gasteiger partial charge in [0.05, 0.1) is 19.1 Å². The van der Waals surface area contributed by atoms with Crippen molar-refractivity contribution in [2.24, 2.45) is 5.92 Å². The highest BCUT2D eigenvalue weighted by molar-refractivity contribution is 5.75. The average molecular weight is 293 g/mol. The Bertz CT molecular complexity index is 519. The predicted octanol–water partition coefficient (Wildman–Crippen LogP) is 1.85. The molecule has 2 saturated heterocycles. The Balaban J connectivity index is 1.94. The van der Waals surface area contributed by atoms with Crippen LogP contribution in [0.1, 0.15) is 24.3 Å². The van der Waals surface area contributed by atoms with E-state index >= 15 is 0 Å². The SMILES string of the molecule is COC(=O)[C@@H]1C2NC(CC2OC)C[C@H]1c1ccc(F)cc1. The first-order valence-corrected chi connectivity index (χ1v) is 7.26. The van der Waals surface area contributed by atoms with Gasteiger partial charge in [-0.05, 0) is 30.5 Å². The number of hydrogen-bond acceptors (Lipinski definition) is 4. The van der Waals surface area contributed by atoms with Crippen molar-refractivity contribution in [3.8, 4) is 0 Å². The number of methoxy groups -OCH3 is 2. The summed E-state index contributed by atoms with van der Waals surface area (Å²) in [6.45, 7) is 0. The molecular weight excluding hydrogens is 273 g/mol. The maximum absolute atomic E-state index is 13.1. The second-order valence-corrected chi connectivity index (χ2v) is 5.84. The fourth-order valence-corrected chi connectivity index (χ4v) is 3.82. The Morgan fingerprint density at radius 2 is 1.95 bits per heavy atom. The van der Waals surface area contributed by atoms with E-state index < -0.39 is 0 Å². The predicted molar refractivity (Wildman–Crippen MR) is 75.4 cm³/mol. The summed E-state index contributed by atoms with van der Waals surface area (Å²) in [5.74, 6) is -0.761. The Morgan fingerprint density at radius 1 is 1.24 bits per heavy atom. The van der Waals surface area contributed by atoms with Gasteiger partial charge in [0, 0.05) is 25.1 Å². The molecule has 1 N–H and O–H groups in total. The summed E-state index contributed by atoms with van der Waals surface area (Å²) in [7, 11) is 3.08. The van der Waals surface area contributed by atoms with Gasteiger partial charge in [0.2, 0.25) is 0 Å². The topological polar surface area (TPSA) is 47.6 Å². The molecule has 1 aromatic carbocycles. The molecule has 21 heavy (non-hydrogen) atoms.